The molecular weight excluding hydrogens is 212 g/mol. The summed E-state index contributed by atoms with van der Waals surface area (Å²) in [5, 5.41) is 0. The van der Waals surface area contributed by atoms with E-state index in [-0.39, 0.29) is 17.3 Å². The van der Waals surface area contributed by atoms with Crippen LogP contribution in [0.4, 0.5) is 8.78 Å². The van der Waals surface area contributed by atoms with E-state index >= 15 is 0 Å². The predicted molar refractivity (Wildman–Crippen MR) is 58.4 cm³/mol. The summed E-state index contributed by atoms with van der Waals surface area (Å²) < 4.78 is 26.2. The fraction of sp³-hybridized carbons (Fsp3) is 0.417. The van der Waals surface area contributed by atoms with Crippen LogP contribution in [0.1, 0.15) is 17.3 Å². The summed E-state index contributed by atoms with van der Waals surface area (Å²) in [6, 6.07) is 2.93. The van der Waals surface area contributed by atoms with Crippen molar-refractivity contribution in [3.63, 3.8) is 0 Å². The van der Waals surface area contributed by atoms with Crippen LogP contribution >= 0.6 is 0 Å². The molecular formula is C12H15F2NO. The highest BCUT2D eigenvalue weighted by Gasteiger charge is 2.19. The van der Waals surface area contributed by atoms with Gasteiger partial charge in [0.2, 0.25) is 0 Å². The molecule has 0 spiro atoms. The van der Waals surface area contributed by atoms with Crippen molar-refractivity contribution in [1.29, 1.82) is 0 Å². The van der Waals surface area contributed by atoms with Gasteiger partial charge in [0, 0.05) is 12.5 Å². The topological polar surface area (TPSA) is 20.3 Å². The number of rotatable bonds is 4. The average molecular weight is 227 g/mol. The highest BCUT2D eigenvalue weighted by atomic mass is 19.1. The van der Waals surface area contributed by atoms with Crippen molar-refractivity contribution in [2.45, 2.75) is 6.92 Å². The van der Waals surface area contributed by atoms with Crippen molar-refractivity contribution < 1.29 is 13.6 Å². The Morgan fingerprint density at radius 1 is 1.38 bits per heavy atom. The summed E-state index contributed by atoms with van der Waals surface area (Å²) in [6.45, 7) is 2.21. The number of carbonyl (C=O) groups is 1. The molecule has 1 atom stereocenters. The molecule has 0 aliphatic heterocycles. The molecule has 0 N–H and O–H groups in total. The lowest BCUT2D eigenvalue weighted by molar-refractivity contribution is 0.0905. The minimum Gasteiger partial charge on any atom is -0.309 e. The smallest absolute Gasteiger partial charge is 0.169 e. The van der Waals surface area contributed by atoms with Gasteiger partial charge < -0.3 is 4.90 Å². The van der Waals surface area contributed by atoms with E-state index in [1.807, 2.05) is 19.0 Å². The first-order chi connectivity index (χ1) is 7.41. The summed E-state index contributed by atoms with van der Waals surface area (Å²) in [4.78, 5) is 13.7. The summed E-state index contributed by atoms with van der Waals surface area (Å²) in [7, 11) is 3.65. The van der Waals surface area contributed by atoms with E-state index in [2.05, 4.69) is 0 Å². The van der Waals surface area contributed by atoms with Crippen LogP contribution in [0.5, 0.6) is 0 Å². The van der Waals surface area contributed by atoms with Gasteiger partial charge in [-0.1, -0.05) is 6.92 Å². The lowest BCUT2D eigenvalue weighted by atomic mass is 9.98. The molecule has 88 valence electrons. The standard InChI is InChI=1S/C12H15F2NO/c1-8(7-15(2)3)12(16)10-6-9(13)4-5-11(10)14/h4-6,8H,7H2,1-3H3. The van der Waals surface area contributed by atoms with Gasteiger partial charge >= 0.3 is 0 Å². The number of nitrogens with zero attached hydrogens (tertiary/aromatic N) is 1. The van der Waals surface area contributed by atoms with Gasteiger partial charge in [-0.05, 0) is 32.3 Å². The van der Waals surface area contributed by atoms with Crippen LogP contribution in [0, 0.1) is 17.6 Å². The van der Waals surface area contributed by atoms with Gasteiger partial charge in [-0.2, -0.15) is 0 Å². The highest BCUT2D eigenvalue weighted by Crippen LogP contribution is 2.15. The van der Waals surface area contributed by atoms with Crippen molar-refractivity contribution >= 4 is 5.78 Å². The zero-order valence-corrected chi connectivity index (χ0v) is 9.63. The maximum absolute atomic E-state index is 13.3. The fourth-order valence-electron chi connectivity index (χ4n) is 1.58. The van der Waals surface area contributed by atoms with Crippen molar-refractivity contribution in [1.82, 2.24) is 4.90 Å². The number of hydrogen-bond acceptors (Lipinski definition) is 2. The molecule has 2 nitrogen and oxygen atoms in total. The number of halogens is 2. The zero-order chi connectivity index (χ0) is 12.3. The van der Waals surface area contributed by atoms with Crippen LogP contribution in [0.3, 0.4) is 0 Å². The Morgan fingerprint density at radius 3 is 2.56 bits per heavy atom. The third-order valence-electron chi connectivity index (χ3n) is 2.28. The Bertz CT molecular complexity index is 391. The molecule has 16 heavy (non-hydrogen) atoms. The quantitative estimate of drug-likeness (QED) is 0.736. The lowest BCUT2D eigenvalue weighted by Gasteiger charge is -2.16. The summed E-state index contributed by atoms with van der Waals surface area (Å²) in [5.74, 6) is -1.99. The fourth-order valence-corrected chi connectivity index (χ4v) is 1.58. The predicted octanol–water partition coefficient (Wildman–Crippen LogP) is 2.35. The Morgan fingerprint density at radius 2 is 2.00 bits per heavy atom. The van der Waals surface area contributed by atoms with E-state index in [4.69, 9.17) is 0 Å². The third-order valence-corrected chi connectivity index (χ3v) is 2.28. The van der Waals surface area contributed by atoms with E-state index in [0.29, 0.717) is 6.54 Å². The molecule has 0 aromatic heterocycles. The van der Waals surface area contributed by atoms with Crippen LogP contribution in [0.15, 0.2) is 18.2 Å². The van der Waals surface area contributed by atoms with Gasteiger partial charge in [-0.3, -0.25) is 4.79 Å². The molecule has 1 aromatic carbocycles. The lowest BCUT2D eigenvalue weighted by Crippen LogP contribution is -2.26. The molecule has 0 saturated carbocycles. The van der Waals surface area contributed by atoms with E-state index in [9.17, 15) is 13.6 Å². The first kappa shape index (κ1) is 12.8. The van der Waals surface area contributed by atoms with E-state index in [1.165, 1.54) is 0 Å². The Hall–Kier alpha value is -1.29. The van der Waals surface area contributed by atoms with Crippen LogP contribution in [0.2, 0.25) is 0 Å². The molecule has 0 heterocycles. The van der Waals surface area contributed by atoms with Crippen molar-refractivity contribution in [2.24, 2.45) is 5.92 Å². The molecule has 0 saturated heterocycles. The van der Waals surface area contributed by atoms with E-state index < -0.39 is 11.6 Å². The van der Waals surface area contributed by atoms with Gasteiger partial charge in [0.05, 0.1) is 5.56 Å². The highest BCUT2D eigenvalue weighted by molar-refractivity contribution is 5.98. The molecule has 0 radical (unpaired) electrons. The molecule has 0 bridgehead atoms. The molecule has 1 aromatic rings. The first-order valence-corrected chi connectivity index (χ1v) is 5.06. The zero-order valence-electron chi connectivity index (χ0n) is 9.63. The Labute approximate surface area is 93.9 Å². The Balaban J connectivity index is 2.91. The van der Waals surface area contributed by atoms with Gasteiger partial charge in [0.15, 0.2) is 5.78 Å². The Kier molecular flexibility index (Phi) is 4.12. The second-order valence-electron chi connectivity index (χ2n) is 4.15. The molecule has 0 amide bonds. The third kappa shape index (κ3) is 3.10. The minimum atomic E-state index is -0.669. The number of benzene rings is 1. The minimum absolute atomic E-state index is 0.172. The van der Waals surface area contributed by atoms with Crippen LogP contribution in [-0.2, 0) is 0 Å². The molecule has 0 aliphatic rings. The van der Waals surface area contributed by atoms with Crippen molar-refractivity contribution in [2.75, 3.05) is 20.6 Å². The SMILES string of the molecule is CC(CN(C)C)C(=O)c1cc(F)ccc1F. The van der Waals surface area contributed by atoms with Gasteiger partial charge in [0.25, 0.3) is 0 Å². The van der Waals surface area contributed by atoms with Gasteiger partial charge in [-0.15, -0.1) is 0 Å². The second-order valence-corrected chi connectivity index (χ2v) is 4.15. The van der Waals surface area contributed by atoms with Crippen LogP contribution in [-0.4, -0.2) is 31.3 Å². The summed E-state index contributed by atoms with van der Waals surface area (Å²) >= 11 is 0. The van der Waals surface area contributed by atoms with Gasteiger partial charge in [0.1, 0.15) is 11.6 Å². The van der Waals surface area contributed by atoms with E-state index in [0.717, 1.165) is 18.2 Å². The van der Waals surface area contributed by atoms with Crippen molar-refractivity contribution in [3.8, 4) is 0 Å². The first-order valence-electron chi connectivity index (χ1n) is 5.06. The maximum atomic E-state index is 13.3. The molecule has 1 unspecified atom stereocenters. The van der Waals surface area contributed by atoms with Crippen LogP contribution < -0.4 is 0 Å². The number of hydrogen-bond donors (Lipinski definition) is 0. The molecule has 1 rings (SSSR count). The average Bonchev–Trinajstić information content (AvgIpc) is 2.19. The molecule has 4 heteroatoms. The normalized spacial score (nSPS) is 12.9. The number of carbonyl (C=O) groups excluding carboxylic acids is 1. The van der Waals surface area contributed by atoms with Crippen molar-refractivity contribution in [3.05, 3.63) is 35.4 Å². The maximum Gasteiger partial charge on any atom is 0.169 e. The molecule has 0 aliphatic carbocycles. The summed E-state index contributed by atoms with van der Waals surface area (Å²) in [5.41, 5.74) is -0.172. The van der Waals surface area contributed by atoms with E-state index in [1.54, 1.807) is 6.92 Å². The second kappa shape index (κ2) is 5.16. The molecule has 0 fully saturated rings. The number of ketones is 1. The number of Topliss-reactive ketones (excluding diaryl/α,β-unsaturated/α-hetero) is 1. The summed E-state index contributed by atoms with van der Waals surface area (Å²) in [6.07, 6.45) is 0. The van der Waals surface area contributed by atoms with Gasteiger partial charge in [-0.25, -0.2) is 8.78 Å². The monoisotopic (exact) mass is 227 g/mol. The largest absolute Gasteiger partial charge is 0.309 e. The van der Waals surface area contributed by atoms with Crippen LogP contribution in [0.25, 0.3) is 0 Å².